The summed E-state index contributed by atoms with van der Waals surface area (Å²) in [5.41, 5.74) is 0. The SMILES string of the molecule is CCCCCCCCCCCCCCCCCCCCC(=O)C(=O)OC(=O)C(O)CO. The fourth-order valence-electron chi connectivity index (χ4n) is 3.58. The maximum atomic E-state index is 11.6. The maximum Gasteiger partial charge on any atom is 0.382 e. The van der Waals surface area contributed by atoms with Gasteiger partial charge in [-0.1, -0.05) is 116 Å². The van der Waals surface area contributed by atoms with Crippen LogP contribution in [-0.4, -0.2) is 40.6 Å². The third-order valence-electron chi connectivity index (χ3n) is 5.62. The van der Waals surface area contributed by atoms with Gasteiger partial charge in [0.25, 0.3) is 0 Å². The van der Waals surface area contributed by atoms with E-state index in [1.165, 1.54) is 89.9 Å². The van der Waals surface area contributed by atoms with Gasteiger partial charge < -0.3 is 14.9 Å². The van der Waals surface area contributed by atoms with Crippen LogP contribution < -0.4 is 0 Å². The zero-order valence-corrected chi connectivity index (χ0v) is 19.7. The third-order valence-corrected chi connectivity index (χ3v) is 5.62. The van der Waals surface area contributed by atoms with Crippen LogP contribution in [0.25, 0.3) is 0 Å². The highest BCUT2D eigenvalue weighted by molar-refractivity contribution is 6.35. The Kier molecular flexibility index (Phi) is 21.0. The zero-order valence-electron chi connectivity index (χ0n) is 19.7. The van der Waals surface area contributed by atoms with Crippen LogP contribution in [0.5, 0.6) is 0 Å². The molecule has 31 heavy (non-hydrogen) atoms. The van der Waals surface area contributed by atoms with Gasteiger partial charge in [0.15, 0.2) is 6.10 Å². The lowest BCUT2D eigenvalue weighted by Gasteiger charge is -2.06. The molecule has 1 unspecified atom stereocenters. The van der Waals surface area contributed by atoms with Crippen molar-refractivity contribution in [3.63, 3.8) is 0 Å². The summed E-state index contributed by atoms with van der Waals surface area (Å²) in [5, 5.41) is 17.6. The van der Waals surface area contributed by atoms with Gasteiger partial charge in [0.1, 0.15) is 0 Å². The molecule has 182 valence electrons. The van der Waals surface area contributed by atoms with Gasteiger partial charge in [-0.25, -0.2) is 9.59 Å². The smallest absolute Gasteiger partial charge is 0.382 e. The highest BCUT2D eigenvalue weighted by Crippen LogP contribution is 2.14. The molecule has 0 aromatic heterocycles. The number of hydrogen-bond donors (Lipinski definition) is 2. The van der Waals surface area contributed by atoms with Crippen molar-refractivity contribution in [3.8, 4) is 0 Å². The minimum Gasteiger partial charge on any atom is -0.393 e. The summed E-state index contributed by atoms with van der Waals surface area (Å²) in [6.07, 6.45) is 20.8. The quantitative estimate of drug-likeness (QED) is 0.101. The number of carbonyl (C=O) groups is 3. The third kappa shape index (κ3) is 19.2. The van der Waals surface area contributed by atoms with E-state index in [9.17, 15) is 14.4 Å². The van der Waals surface area contributed by atoms with E-state index in [4.69, 9.17) is 10.2 Å². The van der Waals surface area contributed by atoms with Crippen LogP contribution in [0.1, 0.15) is 129 Å². The lowest BCUT2D eigenvalue weighted by atomic mass is 10.0. The van der Waals surface area contributed by atoms with E-state index in [1.54, 1.807) is 0 Å². The number of Topliss-reactive ketones (excluding diaryl/α,β-unsaturated/α-hetero) is 1. The average molecular weight is 443 g/mol. The summed E-state index contributed by atoms with van der Waals surface area (Å²) in [7, 11) is 0. The molecule has 2 N–H and O–H groups in total. The maximum absolute atomic E-state index is 11.6. The van der Waals surface area contributed by atoms with Gasteiger partial charge in [-0.05, 0) is 6.42 Å². The molecule has 0 spiro atoms. The Morgan fingerprint density at radius 3 is 1.35 bits per heavy atom. The molecule has 0 aliphatic rings. The van der Waals surface area contributed by atoms with Crippen molar-refractivity contribution in [1.29, 1.82) is 0 Å². The highest BCUT2D eigenvalue weighted by atomic mass is 16.6. The summed E-state index contributed by atoms with van der Waals surface area (Å²) >= 11 is 0. The van der Waals surface area contributed by atoms with Gasteiger partial charge in [0.2, 0.25) is 5.78 Å². The molecule has 0 bridgehead atoms. The molecular weight excluding hydrogens is 396 g/mol. The Hall–Kier alpha value is -1.27. The van der Waals surface area contributed by atoms with E-state index >= 15 is 0 Å². The van der Waals surface area contributed by atoms with Crippen molar-refractivity contribution >= 4 is 17.7 Å². The summed E-state index contributed by atoms with van der Waals surface area (Å²) in [6.45, 7) is 1.41. The molecule has 0 saturated heterocycles. The predicted octanol–water partition coefficient (Wildman–Crippen LogP) is 5.41. The topological polar surface area (TPSA) is 101 Å². The van der Waals surface area contributed by atoms with Gasteiger partial charge in [0.05, 0.1) is 6.61 Å². The summed E-state index contributed by atoms with van der Waals surface area (Å²) in [5.74, 6) is -3.32. The molecule has 1 atom stereocenters. The molecule has 0 heterocycles. The van der Waals surface area contributed by atoms with E-state index in [0.717, 1.165) is 19.3 Å². The van der Waals surface area contributed by atoms with Crippen LogP contribution in [0.2, 0.25) is 0 Å². The minimum absolute atomic E-state index is 0.0417. The van der Waals surface area contributed by atoms with Crippen LogP contribution in [0.4, 0.5) is 0 Å². The Morgan fingerprint density at radius 2 is 1.00 bits per heavy atom. The first-order chi connectivity index (χ1) is 15.0. The molecule has 0 fully saturated rings. The molecule has 0 aromatic carbocycles. The zero-order chi connectivity index (χ0) is 23.2. The van der Waals surface area contributed by atoms with Crippen molar-refractivity contribution < 1.29 is 29.3 Å². The molecule has 0 aromatic rings. The van der Waals surface area contributed by atoms with Crippen LogP contribution >= 0.6 is 0 Å². The second kappa shape index (κ2) is 21.9. The van der Waals surface area contributed by atoms with Gasteiger partial charge in [-0.2, -0.15) is 0 Å². The molecule has 0 rings (SSSR count). The Labute approximate surface area is 189 Å². The standard InChI is InChI=1S/C25H46O6/c1-2-3-4-5-6-7-8-9-10-11-12-13-14-15-16-17-18-19-20-22(27)24(29)31-25(30)23(28)21-26/h23,26,28H,2-21H2,1H3. The van der Waals surface area contributed by atoms with Crippen molar-refractivity contribution in [3.05, 3.63) is 0 Å². The van der Waals surface area contributed by atoms with Gasteiger partial charge in [0, 0.05) is 6.42 Å². The number of aliphatic hydroxyl groups is 2. The number of hydrogen-bond acceptors (Lipinski definition) is 6. The Bertz CT molecular complexity index is 463. The molecule has 6 nitrogen and oxygen atoms in total. The molecule has 0 aliphatic heterocycles. The number of esters is 2. The van der Waals surface area contributed by atoms with Gasteiger partial charge in [-0.3, -0.25) is 4.79 Å². The second-order valence-corrected chi connectivity index (χ2v) is 8.59. The lowest BCUT2D eigenvalue weighted by molar-refractivity contribution is -0.170. The van der Waals surface area contributed by atoms with E-state index in [0.29, 0.717) is 6.42 Å². The molecule has 0 amide bonds. The molecule has 6 heteroatoms. The van der Waals surface area contributed by atoms with E-state index in [-0.39, 0.29) is 6.42 Å². The highest BCUT2D eigenvalue weighted by Gasteiger charge is 2.23. The van der Waals surface area contributed by atoms with Crippen molar-refractivity contribution in [1.82, 2.24) is 0 Å². The summed E-state index contributed by atoms with van der Waals surface area (Å²) in [4.78, 5) is 34.1. The van der Waals surface area contributed by atoms with Crippen LogP contribution in [0.15, 0.2) is 0 Å². The largest absolute Gasteiger partial charge is 0.393 e. The van der Waals surface area contributed by atoms with Crippen molar-refractivity contribution in [2.75, 3.05) is 6.61 Å². The van der Waals surface area contributed by atoms with Crippen LogP contribution in [0, 0.1) is 0 Å². The number of rotatable bonds is 22. The lowest BCUT2D eigenvalue weighted by Crippen LogP contribution is -2.31. The fraction of sp³-hybridized carbons (Fsp3) is 0.880. The van der Waals surface area contributed by atoms with Crippen molar-refractivity contribution in [2.45, 2.75) is 135 Å². The number of aliphatic hydroxyl groups excluding tert-OH is 2. The van der Waals surface area contributed by atoms with Crippen LogP contribution in [0.3, 0.4) is 0 Å². The van der Waals surface area contributed by atoms with Gasteiger partial charge >= 0.3 is 11.9 Å². The molecule has 0 saturated carbocycles. The Morgan fingerprint density at radius 1 is 0.645 bits per heavy atom. The molecular formula is C25H46O6. The second-order valence-electron chi connectivity index (χ2n) is 8.59. The summed E-state index contributed by atoms with van der Waals surface area (Å²) in [6, 6.07) is 0. The molecule has 0 aliphatic carbocycles. The number of ether oxygens (including phenoxy) is 1. The van der Waals surface area contributed by atoms with E-state index in [1.807, 2.05) is 0 Å². The van der Waals surface area contributed by atoms with E-state index < -0.39 is 30.4 Å². The Balaban J connectivity index is 3.33. The molecule has 0 radical (unpaired) electrons. The normalized spacial score (nSPS) is 12.0. The number of unbranched alkanes of at least 4 members (excludes halogenated alkanes) is 17. The summed E-state index contributed by atoms with van der Waals surface area (Å²) < 4.78 is 4.21. The monoisotopic (exact) mass is 442 g/mol. The van der Waals surface area contributed by atoms with Crippen molar-refractivity contribution in [2.24, 2.45) is 0 Å². The minimum atomic E-state index is -1.79. The predicted molar refractivity (Wildman–Crippen MR) is 123 cm³/mol. The average Bonchev–Trinajstić information content (AvgIpc) is 2.77. The van der Waals surface area contributed by atoms with Gasteiger partial charge in [-0.15, -0.1) is 0 Å². The first-order valence-electron chi connectivity index (χ1n) is 12.6. The first-order valence-corrected chi connectivity index (χ1v) is 12.6. The fourth-order valence-corrected chi connectivity index (χ4v) is 3.58. The first kappa shape index (κ1) is 29.7. The number of ketones is 1. The number of carbonyl (C=O) groups excluding carboxylic acids is 3. The van der Waals surface area contributed by atoms with Crippen LogP contribution in [-0.2, 0) is 19.1 Å². The van der Waals surface area contributed by atoms with E-state index in [2.05, 4.69) is 11.7 Å².